The van der Waals surface area contributed by atoms with Gasteiger partial charge in [0.15, 0.2) is 6.29 Å². The van der Waals surface area contributed by atoms with Crippen LogP contribution in [0.2, 0.25) is 0 Å². The van der Waals surface area contributed by atoms with Gasteiger partial charge in [0.25, 0.3) is 0 Å². The highest BCUT2D eigenvalue weighted by Crippen LogP contribution is 2.00. The summed E-state index contributed by atoms with van der Waals surface area (Å²) in [5.74, 6) is 0.959. The molecule has 0 spiro atoms. The molecule has 0 amide bonds. The Morgan fingerprint density at radius 3 is 2.78 bits per heavy atom. The molecule has 0 rings (SSSR count). The van der Waals surface area contributed by atoms with Gasteiger partial charge in [-0.1, -0.05) is 0 Å². The summed E-state index contributed by atoms with van der Waals surface area (Å²) in [5.41, 5.74) is 0. The van der Waals surface area contributed by atoms with Gasteiger partial charge in [0.1, 0.15) is 0 Å². The van der Waals surface area contributed by atoms with Gasteiger partial charge in [-0.25, -0.2) is 0 Å². The average molecular weight is 150 g/mol. The van der Waals surface area contributed by atoms with Gasteiger partial charge in [-0.05, 0) is 18.9 Å². The predicted octanol–water partition coefficient (Wildman–Crippen LogP) is 1.09. The zero-order valence-electron chi connectivity index (χ0n) is 5.96. The summed E-state index contributed by atoms with van der Waals surface area (Å²) in [6.45, 7) is 2.47. The molecule has 0 saturated heterocycles. The molecule has 0 aromatic heterocycles. The molecule has 3 heteroatoms. The lowest BCUT2D eigenvalue weighted by molar-refractivity contribution is -0.0946. The zero-order chi connectivity index (χ0) is 7.11. The van der Waals surface area contributed by atoms with E-state index in [1.165, 1.54) is 0 Å². The Hall–Kier alpha value is 0.270. The molecule has 0 aromatic rings. The Bertz CT molecular complexity index is 59.0. The van der Waals surface area contributed by atoms with Crippen LogP contribution in [-0.2, 0) is 4.74 Å². The van der Waals surface area contributed by atoms with Crippen LogP contribution in [0.5, 0.6) is 0 Å². The SMILES string of the molecule is CCOC(O)CCSC. The van der Waals surface area contributed by atoms with E-state index in [-0.39, 0.29) is 0 Å². The van der Waals surface area contributed by atoms with E-state index in [1.54, 1.807) is 11.8 Å². The van der Waals surface area contributed by atoms with Gasteiger partial charge in [-0.2, -0.15) is 11.8 Å². The van der Waals surface area contributed by atoms with E-state index in [0.29, 0.717) is 6.61 Å². The maximum Gasteiger partial charge on any atom is 0.155 e. The van der Waals surface area contributed by atoms with Crippen molar-refractivity contribution in [2.45, 2.75) is 19.6 Å². The molecule has 1 unspecified atom stereocenters. The third-order valence-corrected chi connectivity index (χ3v) is 1.57. The molecule has 0 aliphatic carbocycles. The second-order valence-corrected chi connectivity index (χ2v) is 2.68. The van der Waals surface area contributed by atoms with Crippen molar-refractivity contribution < 1.29 is 9.84 Å². The molecular weight excluding hydrogens is 136 g/mol. The van der Waals surface area contributed by atoms with E-state index < -0.39 is 6.29 Å². The molecule has 0 heterocycles. The second-order valence-electron chi connectivity index (χ2n) is 1.69. The first kappa shape index (κ1) is 9.27. The maximum absolute atomic E-state index is 8.94. The third-order valence-electron chi connectivity index (χ3n) is 0.928. The van der Waals surface area contributed by atoms with E-state index in [0.717, 1.165) is 12.2 Å². The molecule has 0 aromatic carbocycles. The van der Waals surface area contributed by atoms with Crippen LogP contribution in [-0.4, -0.2) is 30.0 Å². The molecule has 0 aliphatic rings. The minimum absolute atomic E-state index is 0.553. The highest BCUT2D eigenvalue weighted by atomic mass is 32.2. The summed E-state index contributed by atoms with van der Waals surface area (Å²) in [6, 6.07) is 0. The largest absolute Gasteiger partial charge is 0.368 e. The van der Waals surface area contributed by atoms with Gasteiger partial charge in [0.2, 0.25) is 0 Å². The third kappa shape index (κ3) is 6.15. The zero-order valence-corrected chi connectivity index (χ0v) is 6.78. The molecule has 0 fully saturated rings. The standard InChI is InChI=1S/C6H14O2S/c1-3-8-6(7)4-5-9-2/h6-7H,3-5H2,1-2H3. The van der Waals surface area contributed by atoms with Crippen molar-refractivity contribution in [3.8, 4) is 0 Å². The van der Waals surface area contributed by atoms with Crippen LogP contribution in [0, 0.1) is 0 Å². The van der Waals surface area contributed by atoms with Crippen LogP contribution >= 0.6 is 11.8 Å². The fourth-order valence-corrected chi connectivity index (χ4v) is 0.932. The number of hydrogen-bond donors (Lipinski definition) is 1. The molecule has 2 nitrogen and oxygen atoms in total. The van der Waals surface area contributed by atoms with Gasteiger partial charge >= 0.3 is 0 Å². The Balaban J connectivity index is 2.95. The van der Waals surface area contributed by atoms with E-state index in [4.69, 9.17) is 9.84 Å². The van der Waals surface area contributed by atoms with Crippen LogP contribution in [0.1, 0.15) is 13.3 Å². The van der Waals surface area contributed by atoms with Crippen LogP contribution in [0.15, 0.2) is 0 Å². The van der Waals surface area contributed by atoms with Gasteiger partial charge in [0, 0.05) is 13.0 Å². The molecule has 0 bridgehead atoms. The average Bonchev–Trinajstić information content (AvgIpc) is 1.85. The van der Waals surface area contributed by atoms with Crippen LogP contribution in [0.4, 0.5) is 0 Å². The Morgan fingerprint density at radius 1 is 1.67 bits per heavy atom. The Morgan fingerprint density at radius 2 is 2.33 bits per heavy atom. The van der Waals surface area contributed by atoms with Crippen molar-refractivity contribution >= 4 is 11.8 Å². The molecule has 1 atom stereocenters. The van der Waals surface area contributed by atoms with Gasteiger partial charge in [-0.15, -0.1) is 0 Å². The van der Waals surface area contributed by atoms with Gasteiger partial charge in [0.05, 0.1) is 0 Å². The molecule has 0 aliphatic heterocycles. The quantitative estimate of drug-likeness (QED) is 0.595. The summed E-state index contributed by atoms with van der Waals surface area (Å²) < 4.78 is 4.89. The predicted molar refractivity (Wildman–Crippen MR) is 40.6 cm³/mol. The highest BCUT2D eigenvalue weighted by Gasteiger charge is 1.99. The van der Waals surface area contributed by atoms with E-state index >= 15 is 0 Å². The maximum atomic E-state index is 8.94. The summed E-state index contributed by atoms with van der Waals surface area (Å²) >= 11 is 1.72. The van der Waals surface area contributed by atoms with Crippen molar-refractivity contribution in [2.75, 3.05) is 18.6 Å². The van der Waals surface area contributed by atoms with Gasteiger partial charge < -0.3 is 9.84 Å². The van der Waals surface area contributed by atoms with Crippen molar-refractivity contribution in [1.82, 2.24) is 0 Å². The lowest BCUT2D eigenvalue weighted by Gasteiger charge is -2.07. The van der Waals surface area contributed by atoms with Crippen LogP contribution in [0.25, 0.3) is 0 Å². The number of aliphatic hydroxyl groups is 1. The molecule has 56 valence electrons. The molecule has 0 radical (unpaired) electrons. The van der Waals surface area contributed by atoms with E-state index in [9.17, 15) is 0 Å². The van der Waals surface area contributed by atoms with Crippen molar-refractivity contribution in [2.24, 2.45) is 0 Å². The van der Waals surface area contributed by atoms with E-state index in [2.05, 4.69) is 0 Å². The summed E-state index contributed by atoms with van der Waals surface area (Å²) in [5, 5.41) is 8.94. The fraction of sp³-hybridized carbons (Fsp3) is 1.00. The number of ether oxygens (including phenoxy) is 1. The number of rotatable bonds is 5. The molecule has 9 heavy (non-hydrogen) atoms. The minimum atomic E-state index is -0.553. The lowest BCUT2D eigenvalue weighted by atomic mass is 10.5. The lowest BCUT2D eigenvalue weighted by Crippen LogP contribution is -2.12. The van der Waals surface area contributed by atoms with E-state index in [1.807, 2.05) is 13.2 Å². The van der Waals surface area contributed by atoms with Gasteiger partial charge in [-0.3, -0.25) is 0 Å². The number of hydrogen-bond acceptors (Lipinski definition) is 3. The molecular formula is C6H14O2S. The highest BCUT2D eigenvalue weighted by molar-refractivity contribution is 7.98. The van der Waals surface area contributed by atoms with Crippen molar-refractivity contribution in [3.63, 3.8) is 0 Å². The summed E-state index contributed by atoms with van der Waals surface area (Å²) in [7, 11) is 0. The summed E-state index contributed by atoms with van der Waals surface area (Å²) in [4.78, 5) is 0. The first-order valence-electron chi connectivity index (χ1n) is 3.09. The van der Waals surface area contributed by atoms with Crippen molar-refractivity contribution in [1.29, 1.82) is 0 Å². The Labute approximate surface area is 60.6 Å². The van der Waals surface area contributed by atoms with Crippen molar-refractivity contribution in [3.05, 3.63) is 0 Å². The van der Waals surface area contributed by atoms with Crippen LogP contribution in [0.3, 0.4) is 0 Å². The molecule has 0 saturated carbocycles. The summed E-state index contributed by atoms with van der Waals surface area (Å²) in [6.07, 6.45) is 2.19. The van der Waals surface area contributed by atoms with Crippen LogP contribution < -0.4 is 0 Å². The second kappa shape index (κ2) is 6.39. The number of thioether (sulfide) groups is 1. The first-order chi connectivity index (χ1) is 4.31. The topological polar surface area (TPSA) is 29.5 Å². The normalized spacial score (nSPS) is 13.7. The Kier molecular flexibility index (Phi) is 6.58. The minimum Gasteiger partial charge on any atom is -0.368 e. The smallest absolute Gasteiger partial charge is 0.155 e. The first-order valence-corrected chi connectivity index (χ1v) is 4.49. The molecule has 1 N–H and O–H groups in total. The fourth-order valence-electron chi connectivity index (χ4n) is 0.494. The number of aliphatic hydroxyl groups excluding tert-OH is 1. The monoisotopic (exact) mass is 150 g/mol.